The molecule has 0 saturated heterocycles. The quantitative estimate of drug-likeness (QED) is 0.384. The fourth-order valence-corrected chi connectivity index (χ4v) is 4.87. The van der Waals surface area contributed by atoms with E-state index in [-0.39, 0.29) is 11.2 Å². The van der Waals surface area contributed by atoms with Gasteiger partial charge in [0.2, 0.25) is 0 Å². The molecular formula is C24H33F. The molecule has 3 aliphatic carbocycles. The minimum Gasteiger partial charge on any atom is -0.207 e. The molecular weight excluding hydrogens is 307 g/mol. The molecule has 0 radical (unpaired) electrons. The summed E-state index contributed by atoms with van der Waals surface area (Å²) in [6.45, 7) is 4.27. The summed E-state index contributed by atoms with van der Waals surface area (Å²) in [5, 5.41) is 0. The van der Waals surface area contributed by atoms with E-state index in [1.165, 1.54) is 70.6 Å². The molecule has 0 unspecified atom stereocenters. The zero-order chi connectivity index (χ0) is 17.8. The molecule has 1 aromatic rings. The minimum absolute atomic E-state index is 0.106. The standard InChI is InChI=1S/C24H33F/c1-3-5-6-7-11-23-13-16-24(17-14-23,18-15-23)12-10-20-8-9-21(4-2)22(25)19-20/h8-9,19H,3-7,11,13-18H2,1-2H3. The van der Waals surface area contributed by atoms with Gasteiger partial charge in [0.05, 0.1) is 0 Å². The number of hydrogen-bond donors (Lipinski definition) is 0. The van der Waals surface area contributed by atoms with Crippen molar-refractivity contribution < 1.29 is 4.39 Å². The second-order valence-corrected chi connectivity index (χ2v) is 8.50. The summed E-state index contributed by atoms with van der Waals surface area (Å²) in [4.78, 5) is 0. The Kier molecular flexibility index (Phi) is 5.88. The number of aryl methyl sites for hydroxylation is 1. The average Bonchev–Trinajstić information content (AvgIpc) is 2.65. The first-order valence-electron chi connectivity index (χ1n) is 10.4. The molecule has 1 aromatic carbocycles. The van der Waals surface area contributed by atoms with Crippen LogP contribution in [0.2, 0.25) is 0 Å². The van der Waals surface area contributed by atoms with Gasteiger partial charge in [-0.05, 0) is 74.5 Å². The topological polar surface area (TPSA) is 0 Å². The van der Waals surface area contributed by atoms with Crippen LogP contribution in [0.5, 0.6) is 0 Å². The number of benzene rings is 1. The molecule has 1 heteroatoms. The van der Waals surface area contributed by atoms with E-state index in [0.29, 0.717) is 5.41 Å². The highest BCUT2D eigenvalue weighted by molar-refractivity contribution is 5.38. The Balaban J connectivity index is 1.61. The van der Waals surface area contributed by atoms with Gasteiger partial charge in [-0.1, -0.05) is 57.4 Å². The zero-order valence-corrected chi connectivity index (χ0v) is 16.1. The summed E-state index contributed by atoms with van der Waals surface area (Å²) in [6.07, 6.45) is 15.5. The number of hydrogen-bond acceptors (Lipinski definition) is 0. The summed E-state index contributed by atoms with van der Waals surface area (Å²) in [5.41, 5.74) is 2.47. The average molecular weight is 341 g/mol. The van der Waals surface area contributed by atoms with E-state index in [1.807, 2.05) is 19.1 Å². The van der Waals surface area contributed by atoms with E-state index in [0.717, 1.165) is 17.5 Å². The van der Waals surface area contributed by atoms with Crippen molar-refractivity contribution in [2.45, 2.75) is 90.9 Å². The summed E-state index contributed by atoms with van der Waals surface area (Å²) < 4.78 is 14.0. The molecule has 3 saturated carbocycles. The van der Waals surface area contributed by atoms with Gasteiger partial charge >= 0.3 is 0 Å². The Morgan fingerprint density at radius 2 is 1.68 bits per heavy atom. The van der Waals surface area contributed by atoms with Crippen LogP contribution in [0.3, 0.4) is 0 Å². The Bertz CT molecular complexity index is 621. The van der Waals surface area contributed by atoms with Gasteiger partial charge in [-0.25, -0.2) is 4.39 Å². The Hall–Kier alpha value is -1.29. The lowest BCUT2D eigenvalue weighted by Gasteiger charge is -2.51. The predicted molar refractivity (Wildman–Crippen MR) is 104 cm³/mol. The van der Waals surface area contributed by atoms with Crippen LogP contribution in [0.4, 0.5) is 4.39 Å². The van der Waals surface area contributed by atoms with Gasteiger partial charge in [-0.2, -0.15) is 0 Å². The van der Waals surface area contributed by atoms with Crippen molar-refractivity contribution in [2.24, 2.45) is 10.8 Å². The maximum absolute atomic E-state index is 14.0. The normalized spacial score (nSPS) is 27.8. The maximum atomic E-state index is 14.0. The van der Waals surface area contributed by atoms with Crippen LogP contribution in [-0.4, -0.2) is 0 Å². The van der Waals surface area contributed by atoms with E-state index < -0.39 is 0 Å². The Morgan fingerprint density at radius 3 is 2.28 bits per heavy atom. The van der Waals surface area contributed by atoms with E-state index in [2.05, 4.69) is 18.8 Å². The van der Waals surface area contributed by atoms with Gasteiger partial charge in [-0.15, -0.1) is 0 Å². The maximum Gasteiger partial charge on any atom is 0.127 e. The van der Waals surface area contributed by atoms with E-state index in [9.17, 15) is 4.39 Å². The van der Waals surface area contributed by atoms with Crippen LogP contribution in [0, 0.1) is 28.5 Å². The lowest BCUT2D eigenvalue weighted by Crippen LogP contribution is -2.40. The van der Waals surface area contributed by atoms with Gasteiger partial charge in [0, 0.05) is 11.0 Å². The molecule has 0 aliphatic heterocycles. The van der Waals surface area contributed by atoms with Crippen molar-refractivity contribution in [1.29, 1.82) is 0 Å². The summed E-state index contributed by atoms with van der Waals surface area (Å²) in [5.74, 6) is 6.78. The molecule has 0 N–H and O–H groups in total. The van der Waals surface area contributed by atoms with E-state index >= 15 is 0 Å². The third-order valence-corrected chi connectivity index (χ3v) is 6.87. The van der Waals surface area contributed by atoms with Crippen LogP contribution in [0.15, 0.2) is 18.2 Å². The molecule has 0 heterocycles. The number of unbranched alkanes of at least 4 members (excludes halogenated alkanes) is 3. The van der Waals surface area contributed by atoms with Crippen molar-refractivity contribution in [3.63, 3.8) is 0 Å². The van der Waals surface area contributed by atoms with Gasteiger partial charge in [0.15, 0.2) is 0 Å². The molecule has 25 heavy (non-hydrogen) atoms. The number of rotatable bonds is 6. The molecule has 2 bridgehead atoms. The van der Waals surface area contributed by atoms with Crippen molar-refractivity contribution in [2.75, 3.05) is 0 Å². The first-order chi connectivity index (χ1) is 12.1. The fraction of sp³-hybridized carbons (Fsp3) is 0.667. The van der Waals surface area contributed by atoms with Crippen molar-refractivity contribution in [1.82, 2.24) is 0 Å². The second-order valence-electron chi connectivity index (χ2n) is 8.50. The molecule has 3 aliphatic rings. The number of halogens is 1. The smallest absolute Gasteiger partial charge is 0.127 e. The highest BCUT2D eigenvalue weighted by Gasteiger charge is 2.47. The van der Waals surface area contributed by atoms with Crippen LogP contribution >= 0.6 is 0 Å². The van der Waals surface area contributed by atoms with Gasteiger partial charge in [0.1, 0.15) is 5.82 Å². The van der Waals surface area contributed by atoms with Gasteiger partial charge < -0.3 is 0 Å². The molecule has 0 spiro atoms. The summed E-state index contributed by atoms with van der Waals surface area (Å²) in [6, 6.07) is 5.49. The van der Waals surface area contributed by atoms with Crippen molar-refractivity contribution >= 4 is 0 Å². The third kappa shape index (κ3) is 4.28. The largest absolute Gasteiger partial charge is 0.207 e. The predicted octanol–water partition coefficient (Wildman–Crippen LogP) is 7.05. The van der Waals surface area contributed by atoms with Gasteiger partial charge in [0.25, 0.3) is 0 Å². The van der Waals surface area contributed by atoms with Crippen LogP contribution < -0.4 is 0 Å². The minimum atomic E-state index is -0.106. The fourth-order valence-electron chi connectivity index (χ4n) is 4.87. The summed E-state index contributed by atoms with van der Waals surface area (Å²) in [7, 11) is 0. The summed E-state index contributed by atoms with van der Waals surface area (Å²) >= 11 is 0. The SMILES string of the molecule is CCCCCCC12CCC(C#Cc3ccc(CC)c(F)c3)(CC1)CC2. The molecule has 0 nitrogen and oxygen atoms in total. The molecule has 4 rings (SSSR count). The highest BCUT2D eigenvalue weighted by atomic mass is 19.1. The van der Waals surface area contributed by atoms with Crippen molar-refractivity contribution in [3.05, 3.63) is 35.1 Å². The van der Waals surface area contributed by atoms with Crippen molar-refractivity contribution in [3.8, 4) is 11.8 Å². The Morgan fingerprint density at radius 1 is 0.960 bits per heavy atom. The number of fused-ring (bicyclic) bond motifs is 3. The molecule has 0 amide bonds. The zero-order valence-electron chi connectivity index (χ0n) is 16.1. The van der Waals surface area contributed by atoms with Crippen LogP contribution in [0.25, 0.3) is 0 Å². The van der Waals surface area contributed by atoms with Gasteiger partial charge in [-0.3, -0.25) is 0 Å². The highest BCUT2D eigenvalue weighted by Crippen LogP contribution is 2.58. The first kappa shape index (κ1) is 18.5. The molecule has 3 fully saturated rings. The van der Waals surface area contributed by atoms with Crippen LogP contribution in [0.1, 0.15) is 95.6 Å². The second kappa shape index (κ2) is 7.94. The van der Waals surface area contributed by atoms with Crippen LogP contribution in [-0.2, 0) is 6.42 Å². The Labute approximate surface area is 153 Å². The van der Waals surface area contributed by atoms with E-state index in [4.69, 9.17) is 0 Å². The molecule has 0 atom stereocenters. The third-order valence-electron chi connectivity index (χ3n) is 6.87. The lowest BCUT2D eigenvalue weighted by molar-refractivity contribution is 0.0185. The first-order valence-corrected chi connectivity index (χ1v) is 10.4. The molecule has 0 aromatic heterocycles. The lowest BCUT2D eigenvalue weighted by atomic mass is 9.53. The molecule has 136 valence electrons. The monoisotopic (exact) mass is 340 g/mol. The van der Waals surface area contributed by atoms with E-state index in [1.54, 1.807) is 6.07 Å².